The number of carbonyl (C=O) groups is 2. The fourth-order valence-electron chi connectivity index (χ4n) is 4.23. The van der Waals surface area contributed by atoms with Gasteiger partial charge in [-0.2, -0.15) is 0 Å². The number of ether oxygens (including phenoxy) is 1. The van der Waals surface area contributed by atoms with Gasteiger partial charge in [0.1, 0.15) is 24.1 Å². The molecule has 8 nitrogen and oxygen atoms in total. The third-order valence-electron chi connectivity index (χ3n) is 6.04. The number of nitrogens with zero attached hydrogens (tertiary/aromatic N) is 2. The molecule has 0 saturated carbocycles. The third kappa shape index (κ3) is 8.58. The summed E-state index contributed by atoms with van der Waals surface area (Å²) in [6, 6.07) is 22.6. The second kappa shape index (κ2) is 13.3. The fourth-order valence-corrected chi connectivity index (χ4v) is 5.08. The Balaban J connectivity index is 1.89. The molecule has 0 radical (unpaired) electrons. The molecule has 0 saturated heterocycles. The summed E-state index contributed by atoms with van der Waals surface area (Å²) in [4.78, 5) is 28.3. The van der Waals surface area contributed by atoms with Gasteiger partial charge in [-0.15, -0.1) is 0 Å². The van der Waals surface area contributed by atoms with Crippen LogP contribution in [0, 0.1) is 6.92 Å². The molecule has 0 spiro atoms. The lowest BCUT2D eigenvalue weighted by Crippen LogP contribution is -2.53. The number of carbonyl (C=O) groups excluding carboxylic acids is 2. The van der Waals surface area contributed by atoms with Crippen molar-refractivity contribution in [1.82, 2.24) is 10.2 Å². The number of hydrogen-bond acceptors (Lipinski definition) is 5. The molecule has 0 aromatic heterocycles. The summed E-state index contributed by atoms with van der Waals surface area (Å²) in [5, 5.41) is 2.89. The minimum absolute atomic E-state index is 0.105. The van der Waals surface area contributed by atoms with Crippen molar-refractivity contribution in [3.8, 4) is 11.5 Å². The van der Waals surface area contributed by atoms with Gasteiger partial charge < -0.3 is 15.0 Å². The van der Waals surface area contributed by atoms with Gasteiger partial charge in [0.25, 0.3) is 0 Å². The third-order valence-corrected chi connectivity index (χ3v) is 7.18. The number of nitrogens with one attached hydrogen (secondary N) is 1. The van der Waals surface area contributed by atoms with Crippen LogP contribution in [0.3, 0.4) is 0 Å². The van der Waals surface area contributed by atoms with Crippen molar-refractivity contribution >= 4 is 27.5 Å². The average molecular weight is 552 g/mol. The Hall–Kier alpha value is -3.85. The topological polar surface area (TPSA) is 96.0 Å². The molecule has 0 aliphatic carbocycles. The highest BCUT2D eigenvalue weighted by molar-refractivity contribution is 7.92. The van der Waals surface area contributed by atoms with Crippen molar-refractivity contribution < 1.29 is 22.7 Å². The Labute approximate surface area is 231 Å². The van der Waals surface area contributed by atoms with Crippen molar-refractivity contribution in [1.29, 1.82) is 0 Å². The first-order valence-electron chi connectivity index (χ1n) is 12.9. The molecule has 39 heavy (non-hydrogen) atoms. The molecule has 208 valence electrons. The molecular weight excluding hydrogens is 514 g/mol. The summed E-state index contributed by atoms with van der Waals surface area (Å²) in [5.41, 5.74) is 2.20. The quantitative estimate of drug-likeness (QED) is 0.346. The molecule has 0 heterocycles. The van der Waals surface area contributed by atoms with Crippen LogP contribution in [0.5, 0.6) is 11.5 Å². The van der Waals surface area contributed by atoms with Gasteiger partial charge in [0.2, 0.25) is 21.8 Å². The summed E-state index contributed by atoms with van der Waals surface area (Å²) in [6.45, 7) is 7.22. The van der Waals surface area contributed by atoms with Gasteiger partial charge in [-0.1, -0.05) is 55.0 Å². The number of anilines is 1. The van der Waals surface area contributed by atoms with E-state index in [0.29, 0.717) is 23.6 Å². The van der Waals surface area contributed by atoms with E-state index >= 15 is 0 Å². The van der Waals surface area contributed by atoms with Gasteiger partial charge in [-0.05, 0) is 69.2 Å². The maximum absolute atomic E-state index is 13.8. The van der Waals surface area contributed by atoms with E-state index < -0.39 is 28.5 Å². The molecular formula is C30H37N3O5S. The largest absolute Gasteiger partial charge is 0.457 e. The average Bonchev–Trinajstić information content (AvgIpc) is 2.87. The maximum Gasteiger partial charge on any atom is 0.244 e. The van der Waals surface area contributed by atoms with Crippen LogP contribution in [0.15, 0.2) is 78.9 Å². The number of amides is 2. The van der Waals surface area contributed by atoms with E-state index in [9.17, 15) is 18.0 Å². The Morgan fingerprint density at radius 3 is 2.13 bits per heavy atom. The smallest absolute Gasteiger partial charge is 0.244 e. The van der Waals surface area contributed by atoms with Gasteiger partial charge in [-0.3, -0.25) is 13.9 Å². The zero-order valence-corrected chi connectivity index (χ0v) is 23.9. The summed E-state index contributed by atoms with van der Waals surface area (Å²) in [7, 11) is -3.83. The molecule has 0 bridgehead atoms. The lowest BCUT2D eigenvalue weighted by molar-refractivity contribution is -0.140. The predicted octanol–water partition coefficient (Wildman–Crippen LogP) is 4.89. The van der Waals surface area contributed by atoms with E-state index in [-0.39, 0.29) is 18.5 Å². The summed E-state index contributed by atoms with van der Waals surface area (Å²) in [6.07, 6.45) is 1.43. The van der Waals surface area contributed by atoms with E-state index in [1.807, 2.05) is 82.3 Å². The van der Waals surface area contributed by atoms with Crippen LogP contribution < -0.4 is 14.4 Å². The zero-order chi connectivity index (χ0) is 28.6. The number of sulfonamides is 1. The van der Waals surface area contributed by atoms with E-state index in [1.165, 1.54) is 4.90 Å². The predicted molar refractivity (Wildman–Crippen MR) is 154 cm³/mol. The van der Waals surface area contributed by atoms with Crippen molar-refractivity contribution in [3.05, 3.63) is 90.0 Å². The van der Waals surface area contributed by atoms with Crippen LogP contribution >= 0.6 is 0 Å². The summed E-state index contributed by atoms with van der Waals surface area (Å²) >= 11 is 0. The molecule has 0 aliphatic heterocycles. The second-order valence-corrected chi connectivity index (χ2v) is 11.7. The number of aryl methyl sites for hydroxylation is 1. The van der Waals surface area contributed by atoms with Gasteiger partial charge in [-0.25, -0.2) is 8.42 Å². The Morgan fingerprint density at radius 1 is 0.923 bits per heavy atom. The van der Waals surface area contributed by atoms with Crippen LogP contribution in [0.25, 0.3) is 0 Å². The van der Waals surface area contributed by atoms with Gasteiger partial charge in [0.15, 0.2) is 0 Å². The van der Waals surface area contributed by atoms with Crippen LogP contribution in [-0.2, 0) is 26.2 Å². The first kappa shape index (κ1) is 29.7. The SMILES string of the molecule is CC[C@H](C(=O)NC(C)C)N(Cc1cccc(C)c1)C(=O)CN(c1ccc(Oc2ccccc2)cc1)S(C)(=O)=O. The summed E-state index contributed by atoms with van der Waals surface area (Å²) in [5.74, 6) is 0.429. The number of para-hydroxylation sites is 1. The molecule has 0 aliphatic rings. The van der Waals surface area contributed by atoms with Crippen molar-refractivity contribution in [2.24, 2.45) is 0 Å². The van der Waals surface area contributed by atoms with Crippen LogP contribution in [0.4, 0.5) is 5.69 Å². The molecule has 0 unspecified atom stereocenters. The van der Waals surface area contributed by atoms with Crippen LogP contribution in [-0.4, -0.2) is 50.0 Å². The van der Waals surface area contributed by atoms with E-state index in [4.69, 9.17) is 4.74 Å². The highest BCUT2D eigenvalue weighted by Gasteiger charge is 2.32. The molecule has 2 amide bonds. The van der Waals surface area contributed by atoms with E-state index in [0.717, 1.165) is 21.7 Å². The first-order valence-corrected chi connectivity index (χ1v) is 14.8. The Kier molecular flexibility index (Phi) is 10.1. The van der Waals surface area contributed by atoms with Crippen molar-refractivity contribution in [2.45, 2.75) is 52.7 Å². The number of hydrogen-bond donors (Lipinski definition) is 1. The lowest BCUT2D eigenvalue weighted by atomic mass is 10.1. The fraction of sp³-hybridized carbons (Fsp3) is 0.333. The van der Waals surface area contributed by atoms with E-state index in [2.05, 4.69) is 5.32 Å². The molecule has 3 aromatic carbocycles. The standard InChI is InChI=1S/C30H37N3O5S/c1-6-28(30(35)31-22(2)3)32(20-24-12-10-11-23(4)19-24)29(34)21-33(39(5,36)37)25-15-17-27(18-16-25)38-26-13-8-7-9-14-26/h7-19,22,28H,6,20-21H2,1-5H3,(H,31,35)/t28-/m1/s1. The molecule has 3 rings (SSSR count). The van der Waals surface area contributed by atoms with Crippen molar-refractivity contribution in [3.63, 3.8) is 0 Å². The minimum Gasteiger partial charge on any atom is -0.457 e. The normalized spacial score (nSPS) is 12.1. The van der Waals surface area contributed by atoms with Gasteiger partial charge >= 0.3 is 0 Å². The first-order chi connectivity index (χ1) is 18.5. The molecule has 0 fully saturated rings. The number of rotatable bonds is 12. The lowest BCUT2D eigenvalue weighted by Gasteiger charge is -2.33. The summed E-state index contributed by atoms with van der Waals surface area (Å²) < 4.78 is 32.5. The molecule has 1 atom stereocenters. The monoisotopic (exact) mass is 551 g/mol. The van der Waals surface area contributed by atoms with Gasteiger partial charge in [0.05, 0.1) is 11.9 Å². The Bertz CT molecular complexity index is 1360. The highest BCUT2D eigenvalue weighted by atomic mass is 32.2. The Morgan fingerprint density at radius 2 is 1.56 bits per heavy atom. The second-order valence-electron chi connectivity index (χ2n) is 9.78. The highest BCUT2D eigenvalue weighted by Crippen LogP contribution is 2.26. The van der Waals surface area contributed by atoms with Crippen LogP contribution in [0.2, 0.25) is 0 Å². The minimum atomic E-state index is -3.83. The molecule has 9 heteroatoms. The van der Waals surface area contributed by atoms with Crippen molar-refractivity contribution in [2.75, 3.05) is 17.1 Å². The maximum atomic E-state index is 13.8. The molecule has 3 aromatic rings. The molecule has 1 N–H and O–H groups in total. The number of benzene rings is 3. The van der Waals surface area contributed by atoms with Crippen LogP contribution in [0.1, 0.15) is 38.3 Å². The van der Waals surface area contributed by atoms with Gasteiger partial charge in [0, 0.05) is 12.6 Å². The van der Waals surface area contributed by atoms with E-state index in [1.54, 1.807) is 24.3 Å². The zero-order valence-electron chi connectivity index (χ0n) is 23.1.